The number of aliphatic hydroxyl groups excluding tert-OH is 1. The third-order valence-electron chi connectivity index (χ3n) is 3.45. The van der Waals surface area contributed by atoms with Crippen LogP contribution in [0.4, 0.5) is 0 Å². The summed E-state index contributed by atoms with van der Waals surface area (Å²) < 4.78 is 29.7. The lowest BCUT2D eigenvalue weighted by Gasteiger charge is -2.27. The molecule has 1 N–H and O–H groups in total. The molecule has 0 saturated carbocycles. The largest absolute Gasteiger partial charge is 0.381 e. The highest BCUT2D eigenvalue weighted by Crippen LogP contribution is 2.37. The SMILES string of the molecule is Cc1ccc(S(=O)(=O)OC2Sc3ccccc3C(=O)C2O)cc1. The first-order valence-corrected chi connectivity index (χ1v) is 9.15. The van der Waals surface area contributed by atoms with Gasteiger partial charge in [0.05, 0.1) is 4.90 Å². The van der Waals surface area contributed by atoms with E-state index in [4.69, 9.17) is 4.18 Å². The van der Waals surface area contributed by atoms with Crippen molar-refractivity contribution in [1.29, 1.82) is 0 Å². The molecule has 0 aliphatic carbocycles. The van der Waals surface area contributed by atoms with Crippen molar-refractivity contribution in [1.82, 2.24) is 0 Å². The van der Waals surface area contributed by atoms with Gasteiger partial charge >= 0.3 is 0 Å². The minimum Gasteiger partial charge on any atom is -0.381 e. The summed E-state index contributed by atoms with van der Waals surface area (Å²) in [5, 5.41) is 10.1. The molecule has 0 spiro atoms. The van der Waals surface area contributed by atoms with Gasteiger partial charge in [0.25, 0.3) is 10.1 Å². The quantitative estimate of drug-likeness (QED) is 0.856. The van der Waals surface area contributed by atoms with E-state index in [-0.39, 0.29) is 4.90 Å². The van der Waals surface area contributed by atoms with Gasteiger partial charge in [-0.1, -0.05) is 47.7 Å². The Morgan fingerprint density at radius 1 is 1.09 bits per heavy atom. The summed E-state index contributed by atoms with van der Waals surface area (Å²) in [6.45, 7) is 1.84. The first-order valence-electron chi connectivity index (χ1n) is 6.86. The lowest BCUT2D eigenvalue weighted by Crippen LogP contribution is -2.38. The van der Waals surface area contributed by atoms with E-state index in [0.717, 1.165) is 17.3 Å². The van der Waals surface area contributed by atoms with Gasteiger partial charge < -0.3 is 5.11 Å². The molecule has 7 heteroatoms. The van der Waals surface area contributed by atoms with Gasteiger partial charge in [-0.15, -0.1) is 0 Å². The fourth-order valence-corrected chi connectivity index (χ4v) is 4.56. The van der Waals surface area contributed by atoms with Crippen LogP contribution in [0.25, 0.3) is 0 Å². The first kappa shape index (κ1) is 16.2. The number of aryl methyl sites for hydroxylation is 1. The predicted molar refractivity (Wildman–Crippen MR) is 85.9 cm³/mol. The molecule has 5 nitrogen and oxygen atoms in total. The van der Waals surface area contributed by atoms with E-state index < -0.39 is 27.4 Å². The minimum atomic E-state index is -4.07. The van der Waals surface area contributed by atoms with E-state index in [2.05, 4.69) is 0 Å². The first-order chi connectivity index (χ1) is 10.9. The molecule has 120 valence electrons. The van der Waals surface area contributed by atoms with Crippen LogP contribution in [0.1, 0.15) is 15.9 Å². The number of carbonyl (C=O) groups is 1. The van der Waals surface area contributed by atoms with Gasteiger partial charge in [-0.25, -0.2) is 4.18 Å². The molecule has 3 rings (SSSR count). The molecular formula is C16H14O5S2. The van der Waals surface area contributed by atoms with Crippen molar-refractivity contribution in [3.8, 4) is 0 Å². The second-order valence-electron chi connectivity index (χ2n) is 5.15. The fourth-order valence-electron chi connectivity index (χ4n) is 2.20. The topological polar surface area (TPSA) is 80.7 Å². The van der Waals surface area contributed by atoms with Gasteiger partial charge in [-0.05, 0) is 25.1 Å². The van der Waals surface area contributed by atoms with Gasteiger partial charge in [0.2, 0.25) is 0 Å². The number of carbonyl (C=O) groups excluding carboxylic acids is 1. The molecule has 0 saturated heterocycles. The van der Waals surface area contributed by atoms with Gasteiger partial charge in [0.1, 0.15) is 0 Å². The highest BCUT2D eigenvalue weighted by Gasteiger charge is 2.38. The number of Topliss-reactive ketones (excluding diaryl/α,β-unsaturated/α-hetero) is 1. The Bertz CT molecular complexity index is 843. The van der Waals surface area contributed by atoms with E-state index >= 15 is 0 Å². The van der Waals surface area contributed by atoms with E-state index in [9.17, 15) is 18.3 Å². The van der Waals surface area contributed by atoms with E-state index in [0.29, 0.717) is 10.5 Å². The normalized spacial score (nSPS) is 21.0. The summed E-state index contributed by atoms with van der Waals surface area (Å²) in [6, 6.07) is 12.9. The lowest BCUT2D eigenvalue weighted by molar-refractivity contribution is 0.0554. The molecule has 0 aromatic heterocycles. The van der Waals surface area contributed by atoms with E-state index in [1.165, 1.54) is 12.1 Å². The number of benzene rings is 2. The minimum absolute atomic E-state index is 0.0118. The van der Waals surface area contributed by atoms with Crippen molar-refractivity contribution in [2.45, 2.75) is 28.3 Å². The van der Waals surface area contributed by atoms with Crippen molar-refractivity contribution in [3.63, 3.8) is 0 Å². The number of aliphatic hydroxyl groups is 1. The van der Waals surface area contributed by atoms with Crippen molar-refractivity contribution in [3.05, 3.63) is 59.7 Å². The third-order valence-corrected chi connectivity index (χ3v) is 6.08. The maximum Gasteiger partial charge on any atom is 0.298 e. The Morgan fingerprint density at radius 3 is 2.43 bits per heavy atom. The number of hydrogen-bond acceptors (Lipinski definition) is 6. The van der Waals surface area contributed by atoms with Crippen LogP contribution < -0.4 is 0 Å². The molecule has 0 bridgehead atoms. The van der Waals surface area contributed by atoms with Crippen molar-refractivity contribution in [2.24, 2.45) is 0 Å². The van der Waals surface area contributed by atoms with Crippen LogP contribution >= 0.6 is 11.8 Å². The number of fused-ring (bicyclic) bond motifs is 1. The second kappa shape index (κ2) is 6.09. The maximum atomic E-state index is 12.3. The van der Waals surface area contributed by atoms with Gasteiger partial charge in [0, 0.05) is 10.5 Å². The Balaban J connectivity index is 1.88. The zero-order valence-electron chi connectivity index (χ0n) is 12.2. The van der Waals surface area contributed by atoms with Crippen LogP contribution in [-0.2, 0) is 14.3 Å². The van der Waals surface area contributed by atoms with Crippen molar-refractivity contribution in [2.75, 3.05) is 0 Å². The molecule has 0 amide bonds. The molecular weight excluding hydrogens is 336 g/mol. The third kappa shape index (κ3) is 3.18. The molecule has 0 radical (unpaired) electrons. The molecule has 1 aliphatic rings. The summed E-state index contributed by atoms with van der Waals surface area (Å²) in [5.74, 6) is -0.538. The summed E-state index contributed by atoms with van der Waals surface area (Å²) >= 11 is 1.02. The monoisotopic (exact) mass is 350 g/mol. The number of hydrogen-bond donors (Lipinski definition) is 1. The Morgan fingerprint density at radius 2 is 1.74 bits per heavy atom. The molecule has 1 aliphatic heterocycles. The zero-order valence-corrected chi connectivity index (χ0v) is 13.8. The van der Waals surface area contributed by atoms with Crippen LogP contribution in [0, 0.1) is 6.92 Å². The molecule has 2 aromatic carbocycles. The standard InChI is InChI=1S/C16H14O5S2/c1-10-6-8-11(9-7-10)23(19,20)21-16-15(18)14(17)12-4-2-3-5-13(12)22-16/h2-9,15-16,18H,1H3. The second-order valence-corrected chi connectivity index (χ2v) is 7.87. The molecule has 23 heavy (non-hydrogen) atoms. The van der Waals surface area contributed by atoms with Gasteiger partial charge in [-0.3, -0.25) is 4.79 Å². The molecule has 0 fully saturated rings. The molecule has 2 aromatic rings. The van der Waals surface area contributed by atoms with Crippen molar-refractivity contribution < 1.29 is 22.5 Å². The Labute approximate surface area is 138 Å². The highest BCUT2D eigenvalue weighted by atomic mass is 32.2. The highest BCUT2D eigenvalue weighted by molar-refractivity contribution is 8.00. The van der Waals surface area contributed by atoms with E-state index in [1.807, 2.05) is 6.92 Å². The van der Waals surface area contributed by atoms with Gasteiger partial charge in [0.15, 0.2) is 17.3 Å². The number of rotatable bonds is 3. The molecule has 2 unspecified atom stereocenters. The van der Waals surface area contributed by atoms with Crippen LogP contribution in [0.15, 0.2) is 58.3 Å². The fraction of sp³-hybridized carbons (Fsp3) is 0.188. The maximum absolute atomic E-state index is 12.3. The Kier molecular flexibility index (Phi) is 4.29. The average Bonchev–Trinajstić information content (AvgIpc) is 2.52. The van der Waals surface area contributed by atoms with Crippen LogP contribution in [-0.4, -0.2) is 30.8 Å². The summed E-state index contributed by atoms with van der Waals surface area (Å²) in [5.41, 5.74) is 0.0846. The molecule has 2 atom stereocenters. The van der Waals surface area contributed by atoms with Crippen LogP contribution in [0.3, 0.4) is 0 Å². The van der Waals surface area contributed by atoms with E-state index in [1.54, 1.807) is 36.4 Å². The Hall–Kier alpha value is -1.67. The summed E-state index contributed by atoms with van der Waals surface area (Å²) in [7, 11) is -4.07. The van der Waals surface area contributed by atoms with Crippen molar-refractivity contribution >= 4 is 27.7 Å². The van der Waals surface area contributed by atoms with Gasteiger partial charge in [-0.2, -0.15) is 8.42 Å². The summed E-state index contributed by atoms with van der Waals surface area (Å²) in [4.78, 5) is 12.7. The summed E-state index contributed by atoms with van der Waals surface area (Å²) in [6.07, 6.45) is -1.53. The average molecular weight is 350 g/mol. The number of thioether (sulfide) groups is 1. The zero-order chi connectivity index (χ0) is 16.6. The molecule has 1 heterocycles. The smallest absolute Gasteiger partial charge is 0.298 e. The number of ketones is 1. The lowest BCUT2D eigenvalue weighted by atomic mass is 10.1. The predicted octanol–water partition coefficient (Wildman–Crippen LogP) is 2.38. The van der Waals surface area contributed by atoms with Crippen LogP contribution in [0.5, 0.6) is 0 Å². The van der Waals surface area contributed by atoms with Crippen LogP contribution in [0.2, 0.25) is 0 Å².